The van der Waals surface area contributed by atoms with E-state index >= 15 is 0 Å². The van der Waals surface area contributed by atoms with Crippen LogP contribution in [0.25, 0.3) is 0 Å². The average molecular weight is 423 g/mol. The molecule has 0 atom stereocenters. The van der Waals surface area contributed by atoms with E-state index in [2.05, 4.69) is 6.92 Å². The first-order valence-corrected chi connectivity index (χ1v) is 11.7. The molecule has 0 radical (unpaired) electrons. The minimum Gasteiger partial charge on any atom is -0.466 e. The lowest BCUT2D eigenvalue weighted by molar-refractivity contribution is -0.150. The van der Waals surface area contributed by atoms with Crippen molar-refractivity contribution in [3.63, 3.8) is 0 Å². The van der Waals surface area contributed by atoms with Gasteiger partial charge in [0.25, 0.3) is 0 Å². The Balaban J connectivity index is 1.90. The third-order valence-corrected chi connectivity index (χ3v) is 5.14. The van der Waals surface area contributed by atoms with Crippen molar-refractivity contribution in [2.45, 2.75) is 96.8 Å². The van der Waals surface area contributed by atoms with Gasteiger partial charge in [-0.15, -0.1) is 0 Å². The molecule has 0 aromatic heterocycles. The maximum atomic E-state index is 13.5. The van der Waals surface area contributed by atoms with E-state index in [-0.39, 0.29) is 31.2 Å². The van der Waals surface area contributed by atoms with Gasteiger partial charge in [0, 0.05) is 6.42 Å². The largest absolute Gasteiger partial charge is 0.466 e. The molecular weight excluding hydrogens is 383 g/mol. The van der Waals surface area contributed by atoms with E-state index in [0.717, 1.165) is 12.8 Å². The Morgan fingerprint density at radius 3 is 1.80 bits per heavy atom. The molecule has 0 unspecified atom stereocenters. The molecule has 0 saturated carbocycles. The van der Waals surface area contributed by atoms with E-state index in [4.69, 9.17) is 9.47 Å². The zero-order valence-electron chi connectivity index (χ0n) is 18.6. The lowest BCUT2D eigenvalue weighted by Crippen LogP contribution is -2.12. The Hall–Kier alpha value is -1.91. The highest BCUT2D eigenvalue weighted by Gasteiger charge is 2.10. The van der Waals surface area contributed by atoms with Crippen molar-refractivity contribution in [2.24, 2.45) is 0 Å². The predicted octanol–water partition coefficient (Wildman–Crippen LogP) is 6.55. The smallest absolute Gasteiger partial charge is 0.306 e. The number of carbonyl (C=O) groups is 2. The molecule has 0 heterocycles. The Morgan fingerprint density at radius 1 is 0.733 bits per heavy atom. The van der Waals surface area contributed by atoms with Gasteiger partial charge in [0.1, 0.15) is 5.82 Å². The Labute approximate surface area is 181 Å². The second kappa shape index (κ2) is 17.9. The fourth-order valence-corrected chi connectivity index (χ4v) is 3.28. The van der Waals surface area contributed by atoms with Crippen LogP contribution in [0.5, 0.6) is 0 Å². The molecule has 5 heteroatoms. The minimum absolute atomic E-state index is 0.00559. The molecule has 0 bridgehead atoms. The zero-order valence-corrected chi connectivity index (χ0v) is 18.6. The van der Waals surface area contributed by atoms with Crippen molar-refractivity contribution in [3.05, 3.63) is 35.6 Å². The van der Waals surface area contributed by atoms with Crippen LogP contribution in [0.15, 0.2) is 24.3 Å². The normalized spacial score (nSPS) is 10.7. The quantitative estimate of drug-likeness (QED) is 0.199. The number of benzene rings is 1. The van der Waals surface area contributed by atoms with Crippen LogP contribution in [0.2, 0.25) is 0 Å². The summed E-state index contributed by atoms with van der Waals surface area (Å²) >= 11 is 0. The predicted molar refractivity (Wildman–Crippen MR) is 118 cm³/mol. The van der Waals surface area contributed by atoms with Crippen molar-refractivity contribution in [3.8, 4) is 0 Å². The summed E-state index contributed by atoms with van der Waals surface area (Å²) in [6.07, 6.45) is 14.1. The van der Waals surface area contributed by atoms with Gasteiger partial charge in [0.15, 0.2) is 0 Å². The van der Waals surface area contributed by atoms with Gasteiger partial charge >= 0.3 is 11.9 Å². The summed E-state index contributed by atoms with van der Waals surface area (Å²) in [5.74, 6) is -1.13. The van der Waals surface area contributed by atoms with Gasteiger partial charge in [-0.05, 0) is 18.1 Å². The molecule has 0 N–H and O–H groups in total. The van der Waals surface area contributed by atoms with Gasteiger partial charge < -0.3 is 9.47 Å². The second-order valence-electron chi connectivity index (χ2n) is 7.82. The van der Waals surface area contributed by atoms with Gasteiger partial charge in [-0.25, -0.2) is 4.39 Å². The average Bonchev–Trinajstić information content (AvgIpc) is 2.74. The first-order chi connectivity index (χ1) is 14.6. The van der Waals surface area contributed by atoms with Crippen molar-refractivity contribution in [2.75, 3.05) is 13.2 Å². The summed E-state index contributed by atoms with van der Waals surface area (Å²) in [6.45, 7) is 2.76. The van der Waals surface area contributed by atoms with Gasteiger partial charge in [0.2, 0.25) is 0 Å². The molecule has 30 heavy (non-hydrogen) atoms. The van der Waals surface area contributed by atoms with Crippen LogP contribution >= 0.6 is 0 Å². The maximum Gasteiger partial charge on any atom is 0.306 e. The van der Waals surface area contributed by atoms with Gasteiger partial charge in [0.05, 0.1) is 26.1 Å². The highest BCUT2D eigenvalue weighted by atomic mass is 19.1. The summed E-state index contributed by atoms with van der Waals surface area (Å²) in [5.41, 5.74) is 0.511. The van der Waals surface area contributed by atoms with Gasteiger partial charge in [-0.3, -0.25) is 9.59 Å². The molecule has 0 spiro atoms. The van der Waals surface area contributed by atoms with Crippen LogP contribution in [-0.2, 0) is 25.5 Å². The molecule has 4 nitrogen and oxygen atoms in total. The SMILES string of the molecule is CCCCCCCCCCCCCOC(=O)CCC(=O)OCCc1ccccc1F. The first kappa shape index (κ1) is 26.1. The summed E-state index contributed by atoms with van der Waals surface area (Å²) < 4.78 is 23.7. The third kappa shape index (κ3) is 14.1. The number of ether oxygens (including phenoxy) is 2. The lowest BCUT2D eigenvalue weighted by atomic mass is 10.1. The molecule has 0 aliphatic heterocycles. The second-order valence-corrected chi connectivity index (χ2v) is 7.82. The number of unbranched alkanes of at least 4 members (excludes halogenated alkanes) is 10. The van der Waals surface area contributed by atoms with Crippen LogP contribution in [-0.4, -0.2) is 25.2 Å². The van der Waals surface area contributed by atoms with Crippen LogP contribution in [0.3, 0.4) is 0 Å². The standard InChI is InChI=1S/C25H39FO4/c1-2-3-4-5-6-7-8-9-10-11-14-20-29-24(27)17-18-25(28)30-21-19-22-15-12-13-16-23(22)26/h12-13,15-16H,2-11,14,17-21H2,1H3. The first-order valence-electron chi connectivity index (χ1n) is 11.7. The molecule has 1 rings (SSSR count). The summed E-state index contributed by atoms with van der Waals surface area (Å²) in [5, 5.41) is 0. The molecule has 1 aromatic rings. The molecule has 0 aliphatic carbocycles. The number of carbonyl (C=O) groups excluding carboxylic acids is 2. The lowest BCUT2D eigenvalue weighted by Gasteiger charge is -2.07. The Kier molecular flexibility index (Phi) is 15.6. The van der Waals surface area contributed by atoms with Crippen LogP contribution in [0.1, 0.15) is 96.0 Å². The van der Waals surface area contributed by atoms with E-state index in [0.29, 0.717) is 18.6 Å². The fraction of sp³-hybridized carbons (Fsp3) is 0.680. The van der Waals surface area contributed by atoms with E-state index < -0.39 is 5.97 Å². The zero-order chi connectivity index (χ0) is 21.9. The summed E-state index contributed by atoms with van der Waals surface area (Å²) in [4.78, 5) is 23.4. The number of rotatable bonds is 18. The highest BCUT2D eigenvalue weighted by Crippen LogP contribution is 2.11. The van der Waals surface area contributed by atoms with Gasteiger partial charge in [-0.2, -0.15) is 0 Å². The number of halogens is 1. The van der Waals surface area contributed by atoms with E-state index in [1.807, 2.05) is 0 Å². The highest BCUT2D eigenvalue weighted by molar-refractivity contribution is 5.77. The molecule has 0 aliphatic rings. The van der Waals surface area contributed by atoms with Crippen molar-refractivity contribution >= 4 is 11.9 Å². The molecule has 0 saturated heterocycles. The summed E-state index contributed by atoms with van der Waals surface area (Å²) in [6, 6.07) is 6.40. The molecule has 0 fully saturated rings. The van der Waals surface area contributed by atoms with E-state index in [9.17, 15) is 14.0 Å². The van der Waals surface area contributed by atoms with Crippen molar-refractivity contribution in [1.29, 1.82) is 0 Å². The van der Waals surface area contributed by atoms with Gasteiger partial charge in [-0.1, -0.05) is 89.3 Å². The van der Waals surface area contributed by atoms with E-state index in [1.165, 1.54) is 63.9 Å². The molecule has 0 amide bonds. The third-order valence-electron chi connectivity index (χ3n) is 5.14. The monoisotopic (exact) mass is 422 g/mol. The Morgan fingerprint density at radius 2 is 1.23 bits per heavy atom. The Bertz CT molecular complexity index is 588. The summed E-state index contributed by atoms with van der Waals surface area (Å²) in [7, 11) is 0. The minimum atomic E-state index is -0.460. The van der Waals surface area contributed by atoms with Crippen molar-refractivity contribution in [1.82, 2.24) is 0 Å². The van der Waals surface area contributed by atoms with Crippen LogP contribution in [0, 0.1) is 5.82 Å². The molecule has 1 aromatic carbocycles. The van der Waals surface area contributed by atoms with Crippen LogP contribution < -0.4 is 0 Å². The van der Waals surface area contributed by atoms with Crippen LogP contribution in [0.4, 0.5) is 4.39 Å². The fourth-order valence-electron chi connectivity index (χ4n) is 3.28. The molecular formula is C25H39FO4. The number of hydrogen-bond donors (Lipinski definition) is 0. The maximum absolute atomic E-state index is 13.5. The van der Waals surface area contributed by atoms with E-state index in [1.54, 1.807) is 18.2 Å². The number of esters is 2. The number of hydrogen-bond acceptors (Lipinski definition) is 4. The van der Waals surface area contributed by atoms with Crippen molar-refractivity contribution < 1.29 is 23.5 Å². The topological polar surface area (TPSA) is 52.6 Å². The molecule has 170 valence electrons.